The van der Waals surface area contributed by atoms with Gasteiger partial charge in [0.05, 0.1) is 7.11 Å². The summed E-state index contributed by atoms with van der Waals surface area (Å²) < 4.78 is 5.25. The van der Waals surface area contributed by atoms with E-state index in [0.717, 1.165) is 11.3 Å². The monoisotopic (exact) mass is 258 g/mol. The summed E-state index contributed by atoms with van der Waals surface area (Å²) in [5.74, 6) is 0.774. The van der Waals surface area contributed by atoms with Crippen LogP contribution < -0.4 is 15.8 Å². The van der Waals surface area contributed by atoms with Crippen LogP contribution >= 0.6 is 0 Å². The summed E-state index contributed by atoms with van der Waals surface area (Å²) in [4.78, 5) is 10.9. The second-order valence-corrected chi connectivity index (χ2v) is 3.83. The molecule has 0 aliphatic rings. The third-order valence-electron chi connectivity index (χ3n) is 2.57. The molecule has 6 nitrogen and oxygen atoms in total. The molecule has 0 saturated carbocycles. The minimum Gasteiger partial charge on any atom is -0.496 e. The molecule has 1 aromatic heterocycles. The van der Waals surface area contributed by atoms with E-state index in [-0.39, 0.29) is 5.69 Å². The number of methoxy groups -OCH3 is 1. The number of nitrogens with zero attached hydrogens (tertiary/aromatic N) is 2. The van der Waals surface area contributed by atoms with Crippen molar-refractivity contribution in [1.82, 2.24) is 10.2 Å². The molecule has 98 valence electrons. The van der Waals surface area contributed by atoms with Crippen molar-refractivity contribution in [3.63, 3.8) is 0 Å². The number of anilines is 1. The third kappa shape index (κ3) is 3.19. The van der Waals surface area contributed by atoms with Crippen molar-refractivity contribution in [2.75, 3.05) is 12.4 Å². The molecule has 3 N–H and O–H groups in total. The molecule has 0 spiro atoms. The fourth-order valence-corrected chi connectivity index (χ4v) is 1.59. The standard InChI is InChI=1S/C13H14N4O2/c1-19-11-5-3-2-4-9(11)8-15-12-7-6-10(13(14)18)16-17-12/h2-7H,8H2,1H3,(H2,14,18)(H,15,17). The summed E-state index contributed by atoms with van der Waals surface area (Å²) in [5, 5.41) is 10.7. The molecule has 0 unspecified atom stereocenters. The Labute approximate surface area is 110 Å². The molecule has 1 amide bonds. The van der Waals surface area contributed by atoms with E-state index in [0.29, 0.717) is 12.4 Å². The number of amides is 1. The van der Waals surface area contributed by atoms with E-state index >= 15 is 0 Å². The van der Waals surface area contributed by atoms with Gasteiger partial charge in [0.25, 0.3) is 5.91 Å². The molecule has 0 radical (unpaired) electrons. The minimum atomic E-state index is -0.594. The van der Waals surface area contributed by atoms with Gasteiger partial charge in [-0.25, -0.2) is 0 Å². The van der Waals surface area contributed by atoms with Crippen LogP contribution in [-0.4, -0.2) is 23.2 Å². The number of rotatable bonds is 5. The van der Waals surface area contributed by atoms with Crippen molar-refractivity contribution < 1.29 is 9.53 Å². The van der Waals surface area contributed by atoms with Crippen molar-refractivity contribution in [1.29, 1.82) is 0 Å². The van der Waals surface area contributed by atoms with Crippen molar-refractivity contribution >= 4 is 11.7 Å². The Kier molecular flexibility index (Phi) is 3.92. The summed E-state index contributed by atoms with van der Waals surface area (Å²) in [6.45, 7) is 0.550. The molecule has 0 bridgehead atoms. The molecule has 6 heteroatoms. The molecular formula is C13H14N4O2. The van der Waals surface area contributed by atoms with Gasteiger partial charge in [0.1, 0.15) is 11.6 Å². The van der Waals surface area contributed by atoms with E-state index < -0.39 is 5.91 Å². The fourth-order valence-electron chi connectivity index (χ4n) is 1.59. The van der Waals surface area contributed by atoms with Crippen LogP contribution in [0.15, 0.2) is 36.4 Å². The number of hydrogen-bond acceptors (Lipinski definition) is 5. The molecule has 0 fully saturated rings. The van der Waals surface area contributed by atoms with Gasteiger partial charge < -0.3 is 15.8 Å². The zero-order valence-electron chi connectivity index (χ0n) is 10.5. The zero-order chi connectivity index (χ0) is 13.7. The van der Waals surface area contributed by atoms with Crippen LogP contribution in [-0.2, 0) is 6.54 Å². The van der Waals surface area contributed by atoms with Crippen LogP contribution in [0, 0.1) is 0 Å². The smallest absolute Gasteiger partial charge is 0.269 e. The Balaban J connectivity index is 2.04. The van der Waals surface area contributed by atoms with Gasteiger partial charge in [0.2, 0.25) is 0 Å². The van der Waals surface area contributed by atoms with E-state index in [1.807, 2.05) is 24.3 Å². The highest BCUT2D eigenvalue weighted by Gasteiger charge is 2.04. The predicted molar refractivity (Wildman–Crippen MR) is 70.9 cm³/mol. The number of ether oxygens (including phenoxy) is 1. The van der Waals surface area contributed by atoms with E-state index in [9.17, 15) is 4.79 Å². The Morgan fingerprint density at radius 3 is 2.68 bits per heavy atom. The normalized spacial score (nSPS) is 9.95. The summed E-state index contributed by atoms with van der Waals surface area (Å²) >= 11 is 0. The summed E-state index contributed by atoms with van der Waals surface area (Å²) in [6, 6.07) is 10.9. The summed E-state index contributed by atoms with van der Waals surface area (Å²) in [6.07, 6.45) is 0. The molecule has 19 heavy (non-hydrogen) atoms. The summed E-state index contributed by atoms with van der Waals surface area (Å²) in [5.41, 5.74) is 6.24. The Bertz CT molecular complexity index is 569. The lowest BCUT2D eigenvalue weighted by Gasteiger charge is -2.09. The van der Waals surface area contributed by atoms with Crippen molar-refractivity contribution in [2.24, 2.45) is 5.73 Å². The summed E-state index contributed by atoms with van der Waals surface area (Å²) in [7, 11) is 1.63. The highest BCUT2D eigenvalue weighted by Crippen LogP contribution is 2.18. The van der Waals surface area contributed by atoms with E-state index in [1.54, 1.807) is 13.2 Å². The maximum atomic E-state index is 10.9. The van der Waals surface area contributed by atoms with Crippen molar-refractivity contribution in [3.8, 4) is 5.75 Å². The highest BCUT2D eigenvalue weighted by molar-refractivity contribution is 5.90. The zero-order valence-corrected chi connectivity index (χ0v) is 10.5. The number of carbonyl (C=O) groups is 1. The molecule has 1 heterocycles. The topological polar surface area (TPSA) is 90.1 Å². The quantitative estimate of drug-likeness (QED) is 0.840. The Hall–Kier alpha value is -2.63. The second kappa shape index (κ2) is 5.81. The van der Waals surface area contributed by atoms with Crippen molar-refractivity contribution in [3.05, 3.63) is 47.7 Å². The van der Waals surface area contributed by atoms with Gasteiger partial charge in [-0.1, -0.05) is 18.2 Å². The molecule has 0 atom stereocenters. The van der Waals surface area contributed by atoms with Gasteiger partial charge in [0.15, 0.2) is 5.69 Å². The largest absolute Gasteiger partial charge is 0.496 e. The number of carbonyl (C=O) groups excluding carboxylic acids is 1. The molecule has 2 rings (SSSR count). The maximum absolute atomic E-state index is 10.9. The number of hydrogen-bond donors (Lipinski definition) is 2. The SMILES string of the molecule is COc1ccccc1CNc1ccc(C(N)=O)nn1. The average molecular weight is 258 g/mol. The number of para-hydroxylation sites is 1. The fraction of sp³-hybridized carbons (Fsp3) is 0.154. The lowest BCUT2D eigenvalue weighted by Crippen LogP contribution is -2.14. The first-order chi connectivity index (χ1) is 9.20. The first-order valence-corrected chi connectivity index (χ1v) is 5.70. The van der Waals surface area contributed by atoms with Crippen LogP contribution in [0.2, 0.25) is 0 Å². The average Bonchev–Trinajstić information content (AvgIpc) is 2.45. The Morgan fingerprint density at radius 2 is 2.05 bits per heavy atom. The molecule has 0 aliphatic carbocycles. The van der Waals surface area contributed by atoms with Gasteiger partial charge in [-0.05, 0) is 18.2 Å². The third-order valence-corrected chi connectivity index (χ3v) is 2.57. The van der Waals surface area contributed by atoms with Gasteiger partial charge in [0, 0.05) is 12.1 Å². The molecular weight excluding hydrogens is 244 g/mol. The first-order valence-electron chi connectivity index (χ1n) is 5.70. The van der Waals surface area contributed by atoms with Gasteiger partial charge >= 0.3 is 0 Å². The second-order valence-electron chi connectivity index (χ2n) is 3.83. The van der Waals surface area contributed by atoms with E-state index in [1.165, 1.54) is 6.07 Å². The molecule has 2 aromatic rings. The lowest BCUT2D eigenvalue weighted by atomic mass is 10.2. The number of primary amides is 1. The van der Waals surface area contributed by atoms with Gasteiger partial charge in [-0.15, -0.1) is 10.2 Å². The number of benzene rings is 1. The van der Waals surface area contributed by atoms with Crippen LogP contribution in [0.25, 0.3) is 0 Å². The maximum Gasteiger partial charge on any atom is 0.269 e. The minimum absolute atomic E-state index is 0.142. The number of nitrogens with two attached hydrogens (primary N) is 1. The van der Waals surface area contributed by atoms with Crippen LogP contribution in [0.1, 0.15) is 16.1 Å². The predicted octanol–water partition coefficient (Wildman–Crippen LogP) is 1.20. The Morgan fingerprint density at radius 1 is 1.26 bits per heavy atom. The highest BCUT2D eigenvalue weighted by atomic mass is 16.5. The first kappa shape index (κ1) is 12.8. The number of aromatic nitrogens is 2. The lowest BCUT2D eigenvalue weighted by molar-refractivity contribution is 0.0994. The van der Waals surface area contributed by atoms with Crippen LogP contribution in [0.5, 0.6) is 5.75 Å². The van der Waals surface area contributed by atoms with Gasteiger partial charge in [-0.2, -0.15) is 0 Å². The van der Waals surface area contributed by atoms with Crippen LogP contribution in [0.4, 0.5) is 5.82 Å². The molecule has 0 aliphatic heterocycles. The van der Waals surface area contributed by atoms with Crippen LogP contribution in [0.3, 0.4) is 0 Å². The van der Waals surface area contributed by atoms with E-state index in [2.05, 4.69) is 15.5 Å². The number of nitrogens with one attached hydrogen (secondary N) is 1. The molecule has 0 saturated heterocycles. The molecule has 1 aromatic carbocycles. The van der Waals surface area contributed by atoms with E-state index in [4.69, 9.17) is 10.5 Å². The van der Waals surface area contributed by atoms with Gasteiger partial charge in [-0.3, -0.25) is 4.79 Å². The van der Waals surface area contributed by atoms with Crippen molar-refractivity contribution in [2.45, 2.75) is 6.54 Å².